The molecule has 1 aromatic carbocycles. The van der Waals surface area contributed by atoms with E-state index < -0.39 is 10.8 Å². The first-order valence-electron chi connectivity index (χ1n) is 8.91. The minimum Gasteiger partial charge on any atom is -0.337 e. The highest BCUT2D eigenvalue weighted by Gasteiger charge is 2.32. The second kappa shape index (κ2) is 9.26. The number of thioether (sulfide) groups is 1. The summed E-state index contributed by atoms with van der Waals surface area (Å²) in [6.45, 7) is 11.6. The van der Waals surface area contributed by atoms with Crippen molar-refractivity contribution in [2.24, 2.45) is 5.92 Å². The molecule has 148 valence electrons. The van der Waals surface area contributed by atoms with Gasteiger partial charge in [0.1, 0.15) is 5.54 Å². The van der Waals surface area contributed by atoms with Crippen LogP contribution in [0.1, 0.15) is 27.7 Å². The Hall–Kier alpha value is -2.30. The van der Waals surface area contributed by atoms with Gasteiger partial charge in [0, 0.05) is 17.1 Å². The van der Waals surface area contributed by atoms with Crippen molar-refractivity contribution in [2.75, 3.05) is 0 Å². The fraction of sp³-hybridized carbons (Fsp3) is 0.400. The molecular weight excluding hydrogens is 394 g/mol. The second-order valence-corrected chi connectivity index (χ2v) is 8.67. The second-order valence-electron chi connectivity index (χ2n) is 6.93. The van der Waals surface area contributed by atoms with Gasteiger partial charge in [-0.25, -0.2) is 0 Å². The predicted molar refractivity (Wildman–Crippen MR) is 113 cm³/mol. The molecule has 0 aliphatic rings. The number of nitriles is 1. The first-order valence-corrected chi connectivity index (χ1v) is 10.2. The molecule has 2 rings (SSSR count). The van der Waals surface area contributed by atoms with Crippen LogP contribution in [0.5, 0.6) is 0 Å². The van der Waals surface area contributed by atoms with Crippen molar-refractivity contribution in [3.8, 4) is 17.5 Å². The van der Waals surface area contributed by atoms with Gasteiger partial charge in [-0.2, -0.15) is 5.26 Å². The summed E-state index contributed by atoms with van der Waals surface area (Å²) in [6.07, 6.45) is 1.75. The topological polar surface area (TPSA) is 83.6 Å². The molecule has 0 saturated carbocycles. The van der Waals surface area contributed by atoms with Crippen molar-refractivity contribution in [3.63, 3.8) is 0 Å². The molecule has 8 heteroatoms. The average molecular weight is 418 g/mol. The number of rotatable bonds is 8. The monoisotopic (exact) mass is 417 g/mol. The van der Waals surface area contributed by atoms with E-state index in [9.17, 15) is 10.1 Å². The lowest BCUT2D eigenvalue weighted by Crippen LogP contribution is -2.51. The first kappa shape index (κ1) is 22.0. The van der Waals surface area contributed by atoms with E-state index in [0.29, 0.717) is 22.5 Å². The summed E-state index contributed by atoms with van der Waals surface area (Å²) in [6, 6.07) is 9.52. The molecule has 1 heterocycles. The highest BCUT2D eigenvalue weighted by Crippen LogP contribution is 2.28. The van der Waals surface area contributed by atoms with Gasteiger partial charge in [-0.15, -0.1) is 16.8 Å². The van der Waals surface area contributed by atoms with Gasteiger partial charge >= 0.3 is 0 Å². The number of benzene rings is 1. The van der Waals surface area contributed by atoms with E-state index in [1.807, 2.05) is 30.5 Å². The zero-order chi connectivity index (χ0) is 20.9. The molecule has 0 aliphatic carbocycles. The van der Waals surface area contributed by atoms with E-state index in [-0.39, 0.29) is 11.8 Å². The number of aromatic nitrogens is 3. The van der Waals surface area contributed by atoms with Crippen molar-refractivity contribution in [1.82, 2.24) is 20.1 Å². The number of hydrogen-bond donors (Lipinski definition) is 1. The van der Waals surface area contributed by atoms with Crippen LogP contribution in [0.25, 0.3) is 11.4 Å². The number of nitrogens with one attached hydrogen (secondary N) is 1. The third-order valence-corrected chi connectivity index (χ3v) is 5.88. The lowest BCUT2D eigenvalue weighted by atomic mass is 9.90. The Balaban J connectivity index is 2.23. The lowest BCUT2D eigenvalue weighted by Gasteiger charge is -2.28. The molecule has 0 bridgehead atoms. The van der Waals surface area contributed by atoms with Crippen molar-refractivity contribution in [2.45, 2.75) is 50.2 Å². The molecule has 2 aromatic rings. The number of halogens is 1. The molecule has 0 aliphatic heterocycles. The first-order chi connectivity index (χ1) is 13.2. The predicted octanol–water partition coefficient (Wildman–Crippen LogP) is 4.32. The van der Waals surface area contributed by atoms with Crippen molar-refractivity contribution in [1.29, 1.82) is 5.26 Å². The Morgan fingerprint density at radius 1 is 1.39 bits per heavy atom. The number of nitrogens with zero attached hydrogens (tertiary/aromatic N) is 4. The Bertz CT molecular complexity index is 887. The third kappa shape index (κ3) is 4.94. The van der Waals surface area contributed by atoms with Crippen LogP contribution >= 0.6 is 23.4 Å². The maximum Gasteiger partial charge on any atom is 0.234 e. The molecule has 1 amide bonds. The van der Waals surface area contributed by atoms with Crippen LogP contribution in [0.4, 0.5) is 0 Å². The molecule has 0 unspecified atom stereocenters. The molecule has 0 spiro atoms. The average Bonchev–Trinajstić information content (AvgIpc) is 3.04. The molecule has 0 saturated heterocycles. The van der Waals surface area contributed by atoms with Gasteiger partial charge < -0.3 is 5.32 Å². The third-order valence-electron chi connectivity index (χ3n) is 4.55. The largest absolute Gasteiger partial charge is 0.337 e. The van der Waals surface area contributed by atoms with Gasteiger partial charge in [-0.3, -0.25) is 9.36 Å². The molecule has 0 fully saturated rings. The molecule has 6 nitrogen and oxygen atoms in total. The molecule has 0 radical (unpaired) electrons. The van der Waals surface area contributed by atoms with Gasteiger partial charge in [0.05, 0.1) is 11.3 Å². The number of amides is 1. The van der Waals surface area contributed by atoms with E-state index in [4.69, 9.17) is 11.6 Å². The number of carbonyl (C=O) groups excluding carboxylic acids is 1. The Morgan fingerprint density at radius 3 is 2.57 bits per heavy atom. The molecule has 2 atom stereocenters. The van der Waals surface area contributed by atoms with Crippen LogP contribution in [0.3, 0.4) is 0 Å². The summed E-state index contributed by atoms with van der Waals surface area (Å²) < 4.78 is 1.90. The van der Waals surface area contributed by atoms with Crippen LogP contribution in [0.2, 0.25) is 5.02 Å². The molecule has 1 N–H and O–H groups in total. The van der Waals surface area contributed by atoms with Crippen LogP contribution in [0.15, 0.2) is 42.1 Å². The Kier molecular flexibility index (Phi) is 7.28. The standard InChI is InChI=1S/C20H24ClN5OS/c1-6-11-26-17(15-7-9-16(21)10-8-15)24-25-19(26)28-14(4)18(27)23-20(5,12-22)13(2)3/h6-10,13-14H,1,11H2,2-5H3,(H,23,27)/t14-,20-/m0/s1. The smallest absolute Gasteiger partial charge is 0.234 e. The maximum absolute atomic E-state index is 12.6. The molecule has 28 heavy (non-hydrogen) atoms. The van der Waals surface area contributed by atoms with Gasteiger partial charge in [0.2, 0.25) is 5.91 Å². The fourth-order valence-corrected chi connectivity index (χ4v) is 3.34. The summed E-state index contributed by atoms with van der Waals surface area (Å²) in [5, 5.41) is 21.6. The minimum absolute atomic E-state index is 0.0143. The normalized spacial score (nSPS) is 14.2. The number of carbonyl (C=O) groups is 1. The summed E-state index contributed by atoms with van der Waals surface area (Å²) in [5.41, 5.74) is -0.0469. The molecule has 1 aromatic heterocycles. The SMILES string of the molecule is C=CCn1c(S[C@@H](C)C(=O)N[C@@](C)(C#N)C(C)C)nnc1-c1ccc(Cl)cc1. The molecular formula is C20H24ClN5OS. The summed E-state index contributed by atoms with van der Waals surface area (Å²) in [4.78, 5) is 12.6. The van der Waals surface area contributed by atoms with E-state index in [1.54, 1.807) is 32.1 Å². The Labute approximate surface area is 175 Å². The van der Waals surface area contributed by atoms with E-state index in [0.717, 1.165) is 5.56 Å². The van der Waals surface area contributed by atoms with Crippen molar-refractivity contribution in [3.05, 3.63) is 41.9 Å². The van der Waals surface area contributed by atoms with Gasteiger partial charge in [0.15, 0.2) is 11.0 Å². The van der Waals surface area contributed by atoms with E-state index in [2.05, 4.69) is 28.2 Å². The number of allylic oxidation sites excluding steroid dienone is 1. The summed E-state index contributed by atoms with van der Waals surface area (Å²) in [5.74, 6) is 0.444. The van der Waals surface area contributed by atoms with E-state index >= 15 is 0 Å². The van der Waals surface area contributed by atoms with Crippen molar-refractivity contribution >= 4 is 29.3 Å². The van der Waals surface area contributed by atoms with Crippen LogP contribution in [0, 0.1) is 17.2 Å². The summed E-state index contributed by atoms with van der Waals surface area (Å²) >= 11 is 7.26. The lowest BCUT2D eigenvalue weighted by molar-refractivity contribution is -0.121. The zero-order valence-corrected chi connectivity index (χ0v) is 18.0. The Morgan fingerprint density at radius 2 is 2.04 bits per heavy atom. The highest BCUT2D eigenvalue weighted by molar-refractivity contribution is 8.00. The minimum atomic E-state index is -0.921. The maximum atomic E-state index is 12.6. The van der Waals surface area contributed by atoms with Gasteiger partial charge in [0.25, 0.3) is 0 Å². The van der Waals surface area contributed by atoms with Crippen molar-refractivity contribution < 1.29 is 4.79 Å². The van der Waals surface area contributed by atoms with Crippen LogP contribution in [-0.2, 0) is 11.3 Å². The van der Waals surface area contributed by atoms with Gasteiger partial charge in [-0.1, -0.05) is 43.3 Å². The van der Waals surface area contributed by atoms with E-state index in [1.165, 1.54) is 11.8 Å². The quantitative estimate of drug-likeness (QED) is 0.510. The summed E-state index contributed by atoms with van der Waals surface area (Å²) in [7, 11) is 0. The van der Waals surface area contributed by atoms with Crippen LogP contribution in [-0.4, -0.2) is 31.5 Å². The van der Waals surface area contributed by atoms with Gasteiger partial charge in [-0.05, 0) is 44.0 Å². The van der Waals surface area contributed by atoms with Crippen LogP contribution < -0.4 is 5.32 Å². The fourth-order valence-electron chi connectivity index (χ4n) is 2.35. The zero-order valence-electron chi connectivity index (χ0n) is 16.4. The number of hydrogen-bond acceptors (Lipinski definition) is 5. The highest BCUT2D eigenvalue weighted by atomic mass is 35.5.